The number of aryl methyl sites for hydroxylation is 1. The van der Waals surface area contributed by atoms with Crippen LogP contribution in [-0.4, -0.2) is 17.0 Å². The molecule has 5 heteroatoms. The van der Waals surface area contributed by atoms with E-state index >= 15 is 0 Å². The minimum absolute atomic E-state index is 0.0168. The van der Waals surface area contributed by atoms with Gasteiger partial charge >= 0.3 is 5.97 Å². The number of anilines is 1. The summed E-state index contributed by atoms with van der Waals surface area (Å²) in [4.78, 5) is 23.9. The summed E-state index contributed by atoms with van der Waals surface area (Å²) < 4.78 is 13.1. The number of hydrogen-bond acceptors (Lipinski definition) is 2. The Bertz CT molecular complexity index is 640. The average molecular weight is 289 g/mol. The minimum Gasteiger partial charge on any atom is -0.481 e. The van der Waals surface area contributed by atoms with Gasteiger partial charge in [0.05, 0.1) is 11.8 Å². The highest BCUT2D eigenvalue weighted by molar-refractivity contribution is 5.96. The molecule has 4 atom stereocenters. The second-order valence-corrected chi connectivity index (χ2v) is 5.79. The molecule has 0 spiro atoms. The van der Waals surface area contributed by atoms with Gasteiger partial charge in [-0.25, -0.2) is 4.39 Å². The Morgan fingerprint density at radius 2 is 1.90 bits per heavy atom. The number of halogens is 1. The highest BCUT2D eigenvalue weighted by atomic mass is 19.1. The third-order valence-corrected chi connectivity index (χ3v) is 4.49. The Morgan fingerprint density at radius 3 is 2.52 bits per heavy atom. The molecule has 1 amide bonds. The summed E-state index contributed by atoms with van der Waals surface area (Å²) in [6, 6.07) is 4.12. The largest absolute Gasteiger partial charge is 0.481 e. The van der Waals surface area contributed by atoms with Crippen molar-refractivity contribution in [2.75, 3.05) is 5.32 Å². The van der Waals surface area contributed by atoms with Crippen LogP contribution in [0.15, 0.2) is 30.4 Å². The van der Waals surface area contributed by atoms with Crippen molar-refractivity contribution in [1.29, 1.82) is 0 Å². The number of allylic oxidation sites excluding steroid dienone is 2. The molecule has 0 radical (unpaired) electrons. The van der Waals surface area contributed by atoms with Crippen LogP contribution in [0, 0.1) is 36.4 Å². The highest BCUT2D eigenvalue weighted by Crippen LogP contribution is 2.48. The van der Waals surface area contributed by atoms with Crippen molar-refractivity contribution < 1.29 is 19.1 Å². The molecule has 0 aromatic heterocycles. The minimum atomic E-state index is -0.928. The van der Waals surface area contributed by atoms with Crippen LogP contribution in [0.1, 0.15) is 12.0 Å². The van der Waals surface area contributed by atoms with E-state index in [0.717, 1.165) is 6.42 Å². The lowest BCUT2D eigenvalue weighted by Crippen LogP contribution is -2.36. The van der Waals surface area contributed by atoms with Crippen molar-refractivity contribution in [3.05, 3.63) is 41.7 Å². The van der Waals surface area contributed by atoms with Crippen LogP contribution in [0.25, 0.3) is 0 Å². The van der Waals surface area contributed by atoms with E-state index in [2.05, 4.69) is 5.32 Å². The van der Waals surface area contributed by atoms with Crippen LogP contribution in [0.3, 0.4) is 0 Å². The molecule has 2 bridgehead atoms. The quantitative estimate of drug-likeness (QED) is 0.841. The Balaban J connectivity index is 1.82. The van der Waals surface area contributed by atoms with Gasteiger partial charge in [-0.15, -0.1) is 0 Å². The molecule has 0 unspecified atom stereocenters. The number of carboxylic acid groups (broad SMARTS) is 1. The predicted octanol–water partition coefficient (Wildman–Crippen LogP) is 2.60. The van der Waals surface area contributed by atoms with Crippen molar-refractivity contribution in [2.24, 2.45) is 23.7 Å². The number of rotatable bonds is 3. The summed E-state index contributed by atoms with van der Waals surface area (Å²) in [5.41, 5.74) is 1.14. The highest BCUT2D eigenvalue weighted by Gasteiger charge is 2.51. The van der Waals surface area contributed by atoms with E-state index in [4.69, 9.17) is 0 Å². The van der Waals surface area contributed by atoms with E-state index in [-0.39, 0.29) is 23.6 Å². The van der Waals surface area contributed by atoms with Crippen molar-refractivity contribution >= 4 is 17.6 Å². The number of carbonyl (C=O) groups is 2. The van der Waals surface area contributed by atoms with Gasteiger partial charge in [-0.05, 0) is 48.9 Å². The molecule has 1 fully saturated rings. The molecule has 0 heterocycles. The van der Waals surface area contributed by atoms with Gasteiger partial charge in [0, 0.05) is 5.69 Å². The maximum Gasteiger partial charge on any atom is 0.307 e. The number of fused-ring (bicyclic) bond motifs is 2. The van der Waals surface area contributed by atoms with Crippen LogP contribution in [0.4, 0.5) is 10.1 Å². The third kappa shape index (κ3) is 2.33. The summed E-state index contributed by atoms with van der Waals surface area (Å²) in [6.45, 7) is 1.70. The number of amides is 1. The Hall–Kier alpha value is -2.17. The van der Waals surface area contributed by atoms with E-state index in [1.807, 2.05) is 12.2 Å². The number of carbonyl (C=O) groups excluding carboxylic acids is 1. The Labute approximate surface area is 121 Å². The molecular formula is C16H16FNO3. The molecule has 1 aromatic carbocycles. The maximum atomic E-state index is 13.1. The molecule has 110 valence electrons. The molecule has 1 saturated carbocycles. The molecule has 21 heavy (non-hydrogen) atoms. The lowest BCUT2D eigenvalue weighted by atomic mass is 9.82. The fourth-order valence-electron chi connectivity index (χ4n) is 3.50. The van der Waals surface area contributed by atoms with Gasteiger partial charge in [0.1, 0.15) is 5.82 Å². The number of carboxylic acids is 1. The van der Waals surface area contributed by atoms with Crippen molar-refractivity contribution in [2.45, 2.75) is 13.3 Å². The normalized spacial score (nSPS) is 29.6. The van der Waals surface area contributed by atoms with Crippen LogP contribution < -0.4 is 5.32 Å². The Kier molecular flexibility index (Phi) is 3.27. The average Bonchev–Trinajstić information content (AvgIpc) is 3.02. The SMILES string of the molecule is Cc1cc(F)ccc1NC(=O)[C@H]1[C@@H](C(=O)O)[C@H]2C=C[C@@H]1C2. The van der Waals surface area contributed by atoms with Gasteiger partial charge in [0.2, 0.25) is 5.91 Å². The van der Waals surface area contributed by atoms with E-state index in [9.17, 15) is 19.1 Å². The first-order chi connectivity index (χ1) is 9.97. The van der Waals surface area contributed by atoms with Crippen molar-refractivity contribution in [3.63, 3.8) is 0 Å². The summed E-state index contributed by atoms with van der Waals surface area (Å²) in [5.74, 6) is -2.88. The number of nitrogens with one attached hydrogen (secondary N) is 1. The zero-order chi connectivity index (χ0) is 15.1. The predicted molar refractivity (Wildman–Crippen MR) is 75.1 cm³/mol. The molecule has 2 N–H and O–H groups in total. The van der Waals surface area contributed by atoms with E-state index in [1.54, 1.807) is 6.92 Å². The van der Waals surface area contributed by atoms with E-state index in [1.165, 1.54) is 18.2 Å². The van der Waals surface area contributed by atoms with Gasteiger partial charge in [-0.2, -0.15) is 0 Å². The zero-order valence-corrected chi connectivity index (χ0v) is 11.5. The van der Waals surface area contributed by atoms with Crippen molar-refractivity contribution in [3.8, 4) is 0 Å². The van der Waals surface area contributed by atoms with Crippen molar-refractivity contribution in [1.82, 2.24) is 0 Å². The van der Waals surface area contributed by atoms with Gasteiger partial charge in [-0.3, -0.25) is 9.59 Å². The summed E-state index contributed by atoms with van der Waals surface area (Å²) in [5, 5.41) is 12.1. The molecule has 4 nitrogen and oxygen atoms in total. The van der Waals surface area contributed by atoms with Crippen LogP contribution in [0.2, 0.25) is 0 Å². The number of aliphatic carboxylic acids is 1. The monoisotopic (exact) mass is 289 g/mol. The zero-order valence-electron chi connectivity index (χ0n) is 11.5. The number of benzene rings is 1. The fourth-order valence-corrected chi connectivity index (χ4v) is 3.50. The van der Waals surface area contributed by atoms with Crippen LogP contribution in [0.5, 0.6) is 0 Å². The summed E-state index contributed by atoms with van der Waals surface area (Å²) in [7, 11) is 0. The second kappa shape index (κ2) is 4.98. The topological polar surface area (TPSA) is 66.4 Å². The second-order valence-electron chi connectivity index (χ2n) is 5.79. The molecule has 3 rings (SSSR count). The first-order valence-corrected chi connectivity index (χ1v) is 6.95. The first kappa shape index (κ1) is 13.8. The molecule has 1 aromatic rings. The third-order valence-electron chi connectivity index (χ3n) is 4.49. The first-order valence-electron chi connectivity index (χ1n) is 6.95. The molecule has 2 aliphatic rings. The van der Waals surface area contributed by atoms with Gasteiger partial charge in [-0.1, -0.05) is 12.2 Å². The maximum absolute atomic E-state index is 13.1. The van der Waals surface area contributed by atoms with E-state index in [0.29, 0.717) is 11.3 Å². The molecular weight excluding hydrogens is 273 g/mol. The lowest BCUT2D eigenvalue weighted by molar-refractivity contribution is -0.146. The van der Waals surface area contributed by atoms with Gasteiger partial charge in [0.15, 0.2) is 0 Å². The molecule has 0 aliphatic heterocycles. The van der Waals surface area contributed by atoms with Crippen LogP contribution in [-0.2, 0) is 9.59 Å². The summed E-state index contributed by atoms with van der Waals surface area (Å²) >= 11 is 0. The van der Waals surface area contributed by atoms with E-state index < -0.39 is 17.8 Å². The molecule has 2 aliphatic carbocycles. The fraction of sp³-hybridized carbons (Fsp3) is 0.375. The van der Waals surface area contributed by atoms with Crippen LogP contribution >= 0.6 is 0 Å². The van der Waals surface area contributed by atoms with Gasteiger partial charge < -0.3 is 10.4 Å². The molecule has 0 saturated heterocycles. The number of hydrogen-bond donors (Lipinski definition) is 2. The smallest absolute Gasteiger partial charge is 0.307 e. The Morgan fingerprint density at radius 1 is 1.24 bits per heavy atom. The standard InChI is InChI=1S/C16H16FNO3/c1-8-6-11(17)4-5-12(8)18-15(19)13-9-2-3-10(7-9)14(13)16(20)21/h2-6,9-10,13-14H,7H2,1H3,(H,18,19)(H,20,21)/t9-,10+,13-,14+/m1/s1. The van der Waals surface area contributed by atoms with Gasteiger partial charge in [0.25, 0.3) is 0 Å². The lowest BCUT2D eigenvalue weighted by Gasteiger charge is -2.24. The summed E-state index contributed by atoms with van der Waals surface area (Å²) in [6.07, 6.45) is 4.56.